The van der Waals surface area contributed by atoms with Crippen molar-refractivity contribution in [3.05, 3.63) is 18.2 Å². The van der Waals surface area contributed by atoms with Crippen LogP contribution < -0.4 is 20.7 Å². The number of hydrogen-bond acceptors (Lipinski definition) is 6. The second kappa shape index (κ2) is 10.8. The van der Waals surface area contributed by atoms with Crippen LogP contribution in [0.15, 0.2) is 18.2 Å². The Bertz CT molecular complexity index is 770. The van der Waals surface area contributed by atoms with Crippen LogP contribution in [0.2, 0.25) is 0 Å². The predicted octanol–water partition coefficient (Wildman–Crippen LogP) is 2.29. The van der Waals surface area contributed by atoms with Gasteiger partial charge in [-0.2, -0.15) is 8.78 Å². The van der Waals surface area contributed by atoms with Gasteiger partial charge in [0.25, 0.3) is 5.91 Å². The molecule has 1 heterocycles. The number of morpholine rings is 1. The summed E-state index contributed by atoms with van der Waals surface area (Å²) in [4.78, 5) is 28.4. The molecule has 0 radical (unpaired) electrons. The number of amides is 2. The molecule has 8 nitrogen and oxygen atoms in total. The maximum absolute atomic E-state index is 13.0. The molecule has 2 amide bonds. The highest BCUT2D eigenvalue weighted by molar-refractivity contribution is 5.98. The average Bonchev–Trinajstić information content (AvgIpc) is 2.68. The zero-order chi connectivity index (χ0) is 23.2. The van der Waals surface area contributed by atoms with E-state index < -0.39 is 18.6 Å². The average molecular weight is 443 g/mol. The molecule has 0 aliphatic carbocycles. The van der Waals surface area contributed by atoms with E-state index in [4.69, 9.17) is 10.5 Å². The van der Waals surface area contributed by atoms with Crippen molar-refractivity contribution < 1.29 is 27.8 Å². The summed E-state index contributed by atoms with van der Waals surface area (Å²) < 4.78 is 35.8. The maximum Gasteiger partial charge on any atom is 0.387 e. The molecule has 0 unspecified atom stereocenters. The molecule has 1 aliphatic heterocycles. The van der Waals surface area contributed by atoms with E-state index in [1.165, 1.54) is 17.0 Å². The monoisotopic (exact) mass is 442 g/mol. The van der Waals surface area contributed by atoms with E-state index >= 15 is 0 Å². The number of anilines is 2. The first-order valence-corrected chi connectivity index (χ1v) is 10.3. The van der Waals surface area contributed by atoms with E-state index in [0.717, 1.165) is 0 Å². The third-order valence-electron chi connectivity index (χ3n) is 4.79. The Balaban J connectivity index is 2.26. The van der Waals surface area contributed by atoms with Crippen molar-refractivity contribution in [3.63, 3.8) is 0 Å². The Morgan fingerprint density at radius 2 is 2.10 bits per heavy atom. The van der Waals surface area contributed by atoms with Crippen LogP contribution in [0.25, 0.3) is 0 Å². The van der Waals surface area contributed by atoms with Crippen molar-refractivity contribution >= 4 is 23.2 Å². The Morgan fingerprint density at radius 1 is 1.39 bits per heavy atom. The second-order valence-corrected chi connectivity index (χ2v) is 8.52. The van der Waals surface area contributed by atoms with Crippen molar-refractivity contribution in [3.8, 4) is 5.75 Å². The van der Waals surface area contributed by atoms with Gasteiger partial charge < -0.3 is 25.4 Å². The molecule has 1 aromatic carbocycles. The van der Waals surface area contributed by atoms with Gasteiger partial charge in [-0.1, -0.05) is 27.7 Å². The fourth-order valence-electron chi connectivity index (χ4n) is 3.46. The number of carbonyl (C=O) groups is 2. The van der Waals surface area contributed by atoms with E-state index in [1.807, 2.05) is 11.8 Å². The Kier molecular flexibility index (Phi) is 8.72. The minimum atomic E-state index is -3.09. The minimum absolute atomic E-state index is 0.0556. The van der Waals surface area contributed by atoms with Gasteiger partial charge in [0, 0.05) is 31.4 Å². The number of ether oxygens (including phenoxy) is 2. The predicted molar refractivity (Wildman–Crippen MR) is 114 cm³/mol. The van der Waals surface area contributed by atoms with E-state index in [1.54, 1.807) is 6.07 Å². The van der Waals surface area contributed by atoms with Crippen LogP contribution in [0.1, 0.15) is 27.7 Å². The number of halogens is 2. The van der Waals surface area contributed by atoms with Gasteiger partial charge in [-0.25, -0.2) is 0 Å². The zero-order valence-electron chi connectivity index (χ0n) is 18.5. The number of rotatable bonds is 9. The molecule has 174 valence electrons. The van der Waals surface area contributed by atoms with Crippen LogP contribution in [-0.2, 0) is 14.3 Å². The minimum Gasteiger partial charge on any atom is -0.433 e. The summed E-state index contributed by atoms with van der Waals surface area (Å²) in [6, 6.07) is 3.70. The highest BCUT2D eigenvalue weighted by atomic mass is 19.3. The molecule has 1 saturated heterocycles. The fourth-order valence-corrected chi connectivity index (χ4v) is 3.46. The van der Waals surface area contributed by atoms with Crippen LogP contribution >= 0.6 is 0 Å². The van der Waals surface area contributed by atoms with Gasteiger partial charge in [0.1, 0.15) is 12.6 Å². The first-order valence-electron chi connectivity index (χ1n) is 10.3. The summed E-state index contributed by atoms with van der Waals surface area (Å²) in [6.45, 7) is 6.88. The van der Waals surface area contributed by atoms with Gasteiger partial charge in [-0.15, -0.1) is 0 Å². The molecular weight excluding hydrogens is 410 g/mol. The number of alkyl halides is 2. The second-order valence-electron chi connectivity index (χ2n) is 8.52. The molecule has 31 heavy (non-hydrogen) atoms. The number of nitrogens with one attached hydrogen (secondary N) is 1. The van der Waals surface area contributed by atoms with Crippen LogP contribution in [-0.4, -0.2) is 68.8 Å². The molecule has 10 heteroatoms. The van der Waals surface area contributed by atoms with Crippen molar-refractivity contribution in [1.29, 1.82) is 0 Å². The lowest BCUT2D eigenvalue weighted by Crippen LogP contribution is -2.51. The van der Waals surface area contributed by atoms with Crippen molar-refractivity contribution in [1.82, 2.24) is 4.90 Å². The first-order chi connectivity index (χ1) is 14.6. The summed E-state index contributed by atoms with van der Waals surface area (Å²) in [7, 11) is 0. The Morgan fingerprint density at radius 3 is 2.65 bits per heavy atom. The van der Waals surface area contributed by atoms with Gasteiger partial charge in [-0.3, -0.25) is 14.5 Å². The van der Waals surface area contributed by atoms with Crippen LogP contribution in [0.5, 0.6) is 5.75 Å². The number of benzene rings is 1. The maximum atomic E-state index is 13.0. The smallest absolute Gasteiger partial charge is 0.387 e. The normalized spacial score (nSPS) is 16.0. The highest BCUT2D eigenvalue weighted by Gasteiger charge is 2.28. The van der Waals surface area contributed by atoms with Gasteiger partial charge >= 0.3 is 6.61 Å². The molecule has 1 atom stereocenters. The molecule has 0 bridgehead atoms. The lowest BCUT2D eigenvalue weighted by molar-refractivity contribution is -0.125. The fraction of sp³-hybridized carbons (Fsp3) is 0.619. The van der Waals surface area contributed by atoms with E-state index in [9.17, 15) is 18.4 Å². The summed E-state index contributed by atoms with van der Waals surface area (Å²) in [5.74, 6) is -0.923. The first kappa shape index (κ1) is 25.0. The molecule has 2 rings (SSSR count). The van der Waals surface area contributed by atoms with Gasteiger partial charge in [0.15, 0.2) is 5.75 Å². The van der Waals surface area contributed by atoms with Crippen molar-refractivity contribution in [2.45, 2.75) is 40.3 Å². The molecule has 0 saturated carbocycles. The topological polar surface area (TPSA) is 97.1 Å². The Labute approximate surface area is 181 Å². The third-order valence-corrected chi connectivity index (χ3v) is 4.79. The van der Waals surface area contributed by atoms with Crippen molar-refractivity contribution in [2.75, 3.05) is 49.6 Å². The molecule has 1 aromatic rings. The summed E-state index contributed by atoms with van der Waals surface area (Å²) in [6.07, 6.45) is 0. The van der Waals surface area contributed by atoms with Gasteiger partial charge in [-0.05, 0) is 24.1 Å². The summed E-state index contributed by atoms with van der Waals surface area (Å²) in [5.41, 5.74) is 6.29. The number of nitrogens with two attached hydrogens (primary N) is 1. The summed E-state index contributed by atoms with van der Waals surface area (Å²) in [5, 5.41) is 2.66. The number of nitrogens with zero attached hydrogens (tertiary/aromatic N) is 2. The number of likely N-dealkylation sites (N-methyl/N-ethyl adjacent to an activating group) is 1. The Hall–Kier alpha value is -2.30. The molecule has 1 fully saturated rings. The molecule has 3 N–H and O–H groups in total. The largest absolute Gasteiger partial charge is 0.433 e. The van der Waals surface area contributed by atoms with Gasteiger partial charge in [0.05, 0.1) is 12.3 Å². The molecule has 1 aliphatic rings. The molecule has 0 aromatic heterocycles. The van der Waals surface area contributed by atoms with Crippen molar-refractivity contribution in [2.24, 2.45) is 11.1 Å². The zero-order valence-corrected chi connectivity index (χ0v) is 18.5. The van der Waals surface area contributed by atoms with Crippen LogP contribution in [0.3, 0.4) is 0 Å². The van der Waals surface area contributed by atoms with E-state index in [-0.39, 0.29) is 35.9 Å². The van der Waals surface area contributed by atoms with E-state index in [0.29, 0.717) is 31.9 Å². The SMILES string of the molecule is CCN(CC(C)(C)C)[C@@H](CN)C(=O)Nc1ccc(N2CCOCC2=O)cc1OC(F)F. The molecular formula is C21H32F2N4O4. The molecule has 0 spiro atoms. The lowest BCUT2D eigenvalue weighted by atomic mass is 9.95. The highest BCUT2D eigenvalue weighted by Crippen LogP contribution is 2.32. The number of carbonyl (C=O) groups excluding carboxylic acids is 2. The standard InChI is InChI=1S/C21H32F2N4O4/c1-5-26(13-21(2,3)4)16(11-24)19(29)25-15-7-6-14(10-17(15)31-20(22)23)27-8-9-30-12-18(27)28/h6-7,10,16,20H,5,8-9,11-13,24H2,1-4H3,(H,25,29)/t16-/m0/s1. The lowest BCUT2D eigenvalue weighted by Gasteiger charge is -2.34. The van der Waals surface area contributed by atoms with Crippen LogP contribution in [0, 0.1) is 5.41 Å². The van der Waals surface area contributed by atoms with E-state index in [2.05, 4.69) is 30.8 Å². The quantitative estimate of drug-likeness (QED) is 0.609. The van der Waals surface area contributed by atoms with Crippen LogP contribution in [0.4, 0.5) is 20.2 Å². The summed E-state index contributed by atoms with van der Waals surface area (Å²) >= 11 is 0. The van der Waals surface area contributed by atoms with Gasteiger partial charge in [0.2, 0.25) is 5.91 Å². The third kappa shape index (κ3) is 7.12. The number of hydrogen-bond donors (Lipinski definition) is 2.